The fourth-order valence-electron chi connectivity index (χ4n) is 4.22. The highest BCUT2D eigenvalue weighted by atomic mass is 35.5. The van der Waals surface area contributed by atoms with E-state index in [9.17, 15) is 28.1 Å². The van der Waals surface area contributed by atoms with Crippen LogP contribution >= 0.6 is 11.6 Å². The van der Waals surface area contributed by atoms with Gasteiger partial charge >= 0.3 is 6.18 Å². The number of nitrogens with zero attached hydrogens (tertiary/aromatic N) is 3. The van der Waals surface area contributed by atoms with Crippen molar-refractivity contribution in [1.29, 1.82) is 0 Å². The lowest BCUT2D eigenvalue weighted by Gasteiger charge is -2.33. The zero-order valence-corrected chi connectivity index (χ0v) is 17.8. The van der Waals surface area contributed by atoms with E-state index in [0.29, 0.717) is 38.5 Å². The third-order valence-electron chi connectivity index (χ3n) is 5.92. The molecule has 172 valence electrons. The van der Waals surface area contributed by atoms with Gasteiger partial charge in [-0.3, -0.25) is 14.9 Å². The third-order valence-corrected chi connectivity index (χ3v) is 6.23. The van der Waals surface area contributed by atoms with Crippen LogP contribution in [-0.4, -0.2) is 55.0 Å². The van der Waals surface area contributed by atoms with Crippen molar-refractivity contribution < 1.29 is 22.9 Å². The van der Waals surface area contributed by atoms with Crippen molar-refractivity contribution in [2.24, 2.45) is 5.92 Å². The molecular weight excluding hydrogens is 437 g/mol. The Morgan fingerprint density at radius 1 is 1.19 bits per heavy atom. The highest BCUT2D eigenvalue weighted by Crippen LogP contribution is 2.42. The van der Waals surface area contributed by atoms with Crippen molar-refractivity contribution in [1.82, 2.24) is 10.2 Å². The van der Waals surface area contributed by atoms with Gasteiger partial charge in [0.05, 0.1) is 15.5 Å². The zero-order chi connectivity index (χ0) is 22.6. The minimum atomic E-state index is -4.78. The summed E-state index contributed by atoms with van der Waals surface area (Å²) in [6, 6.07) is 1.48. The molecule has 0 aromatic heterocycles. The minimum absolute atomic E-state index is 0.0407. The number of likely N-dealkylation sites (tertiary alicyclic amines) is 1. The van der Waals surface area contributed by atoms with Gasteiger partial charge in [-0.25, -0.2) is 0 Å². The molecular formula is C20H26ClF3N4O3. The fraction of sp³-hybridized carbons (Fsp3) is 0.650. The van der Waals surface area contributed by atoms with Gasteiger partial charge in [-0.2, -0.15) is 13.2 Å². The van der Waals surface area contributed by atoms with Gasteiger partial charge in [-0.15, -0.1) is 0 Å². The molecule has 1 amide bonds. The summed E-state index contributed by atoms with van der Waals surface area (Å²) < 4.78 is 39.2. The number of hydrogen-bond acceptors (Lipinski definition) is 5. The first-order valence-electron chi connectivity index (χ1n) is 10.5. The van der Waals surface area contributed by atoms with Gasteiger partial charge in [-0.05, 0) is 57.8 Å². The van der Waals surface area contributed by atoms with Crippen molar-refractivity contribution in [2.75, 3.05) is 44.2 Å². The van der Waals surface area contributed by atoms with Crippen LogP contribution < -0.4 is 10.2 Å². The van der Waals surface area contributed by atoms with Crippen LogP contribution in [-0.2, 0) is 11.0 Å². The number of piperidine rings is 1. The van der Waals surface area contributed by atoms with Crippen molar-refractivity contribution in [3.05, 3.63) is 32.8 Å². The second kappa shape index (κ2) is 10.0. The normalized spacial score (nSPS) is 18.4. The summed E-state index contributed by atoms with van der Waals surface area (Å²) in [6.45, 7) is 4.47. The van der Waals surface area contributed by atoms with Crippen LogP contribution in [0.2, 0.25) is 5.02 Å². The van der Waals surface area contributed by atoms with Gasteiger partial charge in [0.15, 0.2) is 0 Å². The summed E-state index contributed by atoms with van der Waals surface area (Å²) in [6.07, 6.45) is -0.497. The number of nitro groups is 1. The number of hydrogen-bond donors (Lipinski definition) is 1. The van der Waals surface area contributed by atoms with Gasteiger partial charge in [0.1, 0.15) is 5.69 Å². The van der Waals surface area contributed by atoms with Crippen molar-refractivity contribution in [3.63, 3.8) is 0 Å². The van der Waals surface area contributed by atoms with Gasteiger partial charge in [0.25, 0.3) is 5.69 Å². The molecule has 1 N–H and O–H groups in total. The number of benzene rings is 1. The number of alkyl halides is 3. The number of nitrogens with one attached hydrogen (secondary N) is 1. The SMILES string of the molecule is O=C(NCCCN1CCCC1)C1CCN(c2cc(Cl)c(C(F)(F)F)cc2[N+](=O)[O-])CC1. The average molecular weight is 463 g/mol. The van der Waals surface area contributed by atoms with E-state index in [2.05, 4.69) is 10.2 Å². The Balaban J connectivity index is 1.55. The molecule has 2 aliphatic heterocycles. The molecule has 0 unspecified atom stereocenters. The summed E-state index contributed by atoms with van der Waals surface area (Å²) in [4.78, 5) is 27.0. The van der Waals surface area contributed by atoms with Crippen LogP contribution in [0.1, 0.15) is 37.7 Å². The van der Waals surface area contributed by atoms with Crippen molar-refractivity contribution >= 4 is 28.9 Å². The molecule has 1 aromatic carbocycles. The minimum Gasteiger partial charge on any atom is -0.366 e. The summed E-state index contributed by atoms with van der Waals surface area (Å²) in [5, 5.41) is 13.7. The predicted octanol–water partition coefficient (Wildman–Crippen LogP) is 4.09. The summed E-state index contributed by atoms with van der Waals surface area (Å²) >= 11 is 5.77. The molecule has 11 heteroatoms. The molecule has 2 heterocycles. The summed E-state index contributed by atoms with van der Waals surface area (Å²) in [5.74, 6) is -0.256. The Morgan fingerprint density at radius 3 is 2.42 bits per heavy atom. The summed E-state index contributed by atoms with van der Waals surface area (Å²) in [5.41, 5.74) is -1.82. The van der Waals surface area contributed by atoms with Crippen molar-refractivity contribution in [3.8, 4) is 0 Å². The molecule has 2 fully saturated rings. The molecule has 2 aliphatic rings. The van der Waals surface area contributed by atoms with Crippen LogP contribution in [0.25, 0.3) is 0 Å². The molecule has 0 bridgehead atoms. The van der Waals surface area contributed by atoms with Crippen LogP contribution in [0.5, 0.6) is 0 Å². The van der Waals surface area contributed by atoms with Gasteiger partial charge < -0.3 is 15.1 Å². The van der Waals surface area contributed by atoms with Gasteiger partial charge in [0, 0.05) is 31.6 Å². The highest BCUT2D eigenvalue weighted by Gasteiger charge is 2.37. The second-order valence-electron chi connectivity index (χ2n) is 8.03. The monoisotopic (exact) mass is 462 g/mol. The number of carbonyl (C=O) groups is 1. The van der Waals surface area contributed by atoms with Crippen molar-refractivity contribution in [2.45, 2.75) is 38.3 Å². The van der Waals surface area contributed by atoms with Crippen LogP contribution in [0.3, 0.4) is 0 Å². The Morgan fingerprint density at radius 2 is 1.84 bits per heavy atom. The first-order chi connectivity index (χ1) is 14.7. The van der Waals surface area contributed by atoms with E-state index in [1.54, 1.807) is 4.90 Å². The molecule has 2 saturated heterocycles. The Kier molecular flexibility index (Phi) is 7.64. The molecule has 7 nitrogen and oxygen atoms in total. The van der Waals surface area contributed by atoms with E-state index in [4.69, 9.17) is 11.6 Å². The van der Waals surface area contributed by atoms with E-state index in [1.165, 1.54) is 12.8 Å². The molecule has 0 radical (unpaired) electrons. The molecule has 1 aromatic rings. The lowest BCUT2D eigenvalue weighted by Crippen LogP contribution is -2.41. The number of amides is 1. The first kappa shape index (κ1) is 23.6. The Hall–Kier alpha value is -2.07. The van der Waals surface area contributed by atoms with E-state index >= 15 is 0 Å². The molecule has 31 heavy (non-hydrogen) atoms. The van der Waals surface area contributed by atoms with E-state index in [-0.39, 0.29) is 17.5 Å². The molecule has 0 saturated carbocycles. The first-order valence-corrected chi connectivity index (χ1v) is 10.8. The topological polar surface area (TPSA) is 78.7 Å². The molecule has 3 rings (SSSR count). The van der Waals surface area contributed by atoms with Crippen LogP contribution in [0.4, 0.5) is 24.5 Å². The number of rotatable bonds is 7. The molecule has 0 atom stereocenters. The Labute approximate surface area is 183 Å². The standard InChI is InChI=1S/C20H26ClF3N4O3/c21-16-13-17(18(28(30)31)12-15(16)20(22,23)24)27-10-4-14(5-11-27)19(29)25-6-3-9-26-7-1-2-8-26/h12-14H,1-11H2,(H,25,29). The molecule has 0 aliphatic carbocycles. The number of halogens is 4. The highest BCUT2D eigenvalue weighted by molar-refractivity contribution is 6.31. The maximum Gasteiger partial charge on any atom is 0.418 e. The van der Waals surface area contributed by atoms with E-state index in [0.717, 1.165) is 32.1 Å². The van der Waals surface area contributed by atoms with Gasteiger partial charge in [-0.1, -0.05) is 11.6 Å². The van der Waals surface area contributed by atoms with Gasteiger partial charge in [0.2, 0.25) is 5.91 Å². The summed E-state index contributed by atoms with van der Waals surface area (Å²) in [7, 11) is 0. The lowest BCUT2D eigenvalue weighted by molar-refractivity contribution is -0.384. The smallest absolute Gasteiger partial charge is 0.366 e. The number of carbonyl (C=O) groups excluding carboxylic acids is 1. The maximum absolute atomic E-state index is 13.1. The maximum atomic E-state index is 13.1. The average Bonchev–Trinajstić information content (AvgIpc) is 3.23. The Bertz CT molecular complexity index is 808. The largest absolute Gasteiger partial charge is 0.418 e. The quantitative estimate of drug-likeness (QED) is 0.375. The lowest BCUT2D eigenvalue weighted by atomic mass is 9.95. The van der Waals surface area contributed by atoms with E-state index in [1.807, 2.05) is 0 Å². The predicted molar refractivity (Wildman–Crippen MR) is 111 cm³/mol. The molecule has 0 spiro atoms. The third kappa shape index (κ3) is 6.00. The number of anilines is 1. The van der Waals surface area contributed by atoms with Crippen LogP contribution in [0, 0.1) is 16.0 Å². The van der Waals surface area contributed by atoms with E-state index < -0.39 is 27.4 Å². The second-order valence-corrected chi connectivity index (χ2v) is 8.44. The fourth-order valence-corrected chi connectivity index (χ4v) is 4.48. The zero-order valence-electron chi connectivity index (χ0n) is 17.1. The number of nitro benzene ring substituents is 1. The van der Waals surface area contributed by atoms with Crippen LogP contribution in [0.15, 0.2) is 12.1 Å².